The first-order valence-electron chi connectivity index (χ1n) is 6.38. The molecule has 19 heavy (non-hydrogen) atoms. The second kappa shape index (κ2) is 4.87. The monoisotopic (exact) mass is 264 g/mol. The molecule has 2 unspecified atom stereocenters. The van der Waals surface area contributed by atoms with Gasteiger partial charge in [0.25, 0.3) is 0 Å². The van der Waals surface area contributed by atoms with Gasteiger partial charge in [-0.1, -0.05) is 0 Å². The van der Waals surface area contributed by atoms with E-state index >= 15 is 0 Å². The lowest BCUT2D eigenvalue weighted by Crippen LogP contribution is -3.24. The standard InChI is InChI=1S/C12H16N4O3/c17-5-4-13-12-14-16(19)11-7-9-3-1-2-8(9)6-10(11)15(12)18/h6-7,15-17H,1-5H2,(H,13,14). The van der Waals surface area contributed by atoms with Crippen LogP contribution in [0, 0.1) is 10.4 Å². The van der Waals surface area contributed by atoms with Gasteiger partial charge in [-0.25, -0.2) is 10.2 Å². The fourth-order valence-corrected chi connectivity index (χ4v) is 2.63. The van der Waals surface area contributed by atoms with Crippen molar-refractivity contribution in [1.29, 1.82) is 0 Å². The lowest BCUT2D eigenvalue weighted by Gasteiger charge is -2.34. The fraction of sp³-hybridized carbons (Fsp3) is 0.417. The van der Waals surface area contributed by atoms with E-state index in [0.29, 0.717) is 11.4 Å². The second-order valence-corrected chi connectivity index (χ2v) is 4.76. The van der Waals surface area contributed by atoms with Gasteiger partial charge in [-0.2, -0.15) is 5.43 Å². The van der Waals surface area contributed by atoms with Crippen molar-refractivity contribution in [2.75, 3.05) is 13.2 Å². The molecular formula is C12H16N4O3. The van der Waals surface area contributed by atoms with Crippen LogP contribution >= 0.6 is 0 Å². The maximum absolute atomic E-state index is 12.2. The van der Waals surface area contributed by atoms with Crippen molar-refractivity contribution < 1.29 is 15.3 Å². The Bertz CT molecular complexity index is 532. The molecule has 0 amide bonds. The van der Waals surface area contributed by atoms with E-state index in [2.05, 4.69) is 10.4 Å². The van der Waals surface area contributed by atoms with Gasteiger partial charge in [-0.05, 0) is 30.4 Å². The number of nitrogens with zero attached hydrogens (tertiary/aromatic N) is 1. The van der Waals surface area contributed by atoms with Crippen LogP contribution in [0.25, 0.3) is 0 Å². The van der Waals surface area contributed by atoms with Gasteiger partial charge in [0, 0.05) is 12.1 Å². The number of hydrogen-bond donors (Lipinski definition) is 4. The molecule has 1 aromatic carbocycles. The molecule has 0 bridgehead atoms. The van der Waals surface area contributed by atoms with Crippen molar-refractivity contribution in [1.82, 2.24) is 5.43 Å². The predicted octanol–water partition coefficient (Wildman–Crippen LogP) is -1.93. The molecule has 102 valence electrons. The number of aliphatic imine (C=N–C) groups is 1. The maximum atomic E-state index is 12.2. The molecular weight excluding hydrogens is 248 g/mol. The summed E-state index contributed by atoms with van der Waals surface area (Å²) in [6, 6.07) is 3.65. The van der Waals surface area contributed by atoms with Gasteiger partial charge in [0.15, 0.2) is 0 Å². The molecule has 1 aliphatic carbocycles. The van der Waals surface area contributed by atoms with Crippen LogP contribution in [0.1, 0.15) is 17.5 Å². The number of hydroxylamine groups is 1. The first-order chi connectivity index (χ1) is 9.20. The molecule has 0 saturated carbocycles. The SMILES string of the molecule is [O-][NH+]1NC(=NCCO)[NH+]([O-])c2cc3c(cc21)CCC3. The fourth-order valence-electron chi connectivity index (χ4n) is 2.63. The van der Waals surface area contributed by atoms with Gasteiger partial charge >= 0.3 is 5.96 Å². The van der Waals surface area contributed by atoms with Crippen LogP contribution in [0.2, 0.25) is 0 Å². The van der Waals surface area contributed by atoms with Crippen molar-refractivity contribution in [2.45, 2.75) is 19.3 Å². The van der Waals surface area contributed by atoms with Gasteiger partial charge in [-0.3, -0.25) is 5.06 Å². The van der Waals surface area contributed by atoms with Crippen molar-refractivity contribution in [3.63, 3.8) is 0 Å². The van der Waals surface area contributed by atoms with Crippen molar-refractivity contribution in [3.8, 4) is 0 Å². The number of nitrogens with one attached hydrogen (secondary N) is 3. The molecule has 0 spiro atoms. The Morgan fingerprint density at radius 1 is 1.21 bits per heavy atom. The summed E-state index contributed by atoms with van der Waals surface area (Å²) in [5.41, 5.74) is 5.69. The summed E-state index contributed by atoms with van der Waals surface area (Å²) >= 11 is 0. The van der Waals surface area contributed by atoms with E-state index in [-0.39, 0.29) is 29.3 Å². The lowest BCUT2D eigenvalue weighted by molar-refractivity contribution is -0.851. The van der Waals surface area contributed by atoms with Gasteiger partial charge in [0.1, 0.15) is 0 Å². The summed E-state index contributed by atoms with van der Waals surface area (Å²) in [4.78, 5) is 3.91. The molecule has 1 aliphatic heterocycles. The Hall–Kier alpha value is -1.51. The number of quaternary nitrogens is 2. The van der Waals surface area contributed by atoms with E-state index in [0.717, 1.165) is 30.4 Å². The summed E-state index contributed by atoms with van der Waals surface area (Å²) in [5, 5.41) is 32.4. The zero-order valence-electron chi connectivity index (χ0n) is 10.4. The zero-order valence-corrected chi connectivity index (χ0v) is 10.4. The Kier molecular flexibility index (Phi) is 3.21. The number of aliphatic hydroxyl groups excluding tert-OH is 1. The van der Waals surface area contributed by atoms with Gasteiger partial charge < -0.3 is 15.5 Å². The minimum Gasteiger partial charge on any atom is -0.621 e. The van der Waals surface area contributed by atoms with Crippen LogP contribution < -0.4 is 15.7 Å². The highest BCUT2D eigenvalue weighted by atomic mass is 16.6. The predicted molar refractivity (Wildman–Crippen MR) is 69.0 cm³/mol. The number of aliphatic hydroxyl groups is 1. The van der Waals surface area contributed by atoms with Crippen LogP contribution in [0.5, 0.6) is 0 Å². The van der Waals surface area contributed by atoms with Gasteiger partial charge in [0.05, 0.1) is 13.2 Å². The molecule has 7 heteroatoms. The van der Waals surface area contributed by atoms with E-state index in [9.17, 15) is 10.4 Å². The summed E-state index contributed by atoms with van der Waals surface area (Å²) in [6.45, 7) is -0.0364. The third-order valence-electron chi connectivity index (χ3n) is 3.54. The zero-order chi connectivity index (χ0) is 13.4. The largest absolute Gasteiger partial charge is 0.621 e. The third kappa shape index (κ3) is 2.11. The van der Waals surface area contributed by atoms with Crippen LogP contribution in [0.15, 0.2) is 17.1 Å². The van der Waals surface area contributed by atoms with E-state index in [1.165, 1.54) is 0 Å². The lowest BCUT2D eigenvalue weighted by atomic mass is 10.1. The highest BCUT2D eigenvalue weighted by Crippen LogP contribution is 2.28. The summed E-state index contributed by atoms with van der Waals surface area (Å²) in [6.07, 6.45) is 3.00. The highest BCUT2D eigenvalue weighted by molar-refractivity contribution is 5.76. The molecule has 7 nitrogen and oxygen atoms in total. The normalized spacial score (nSPS) is 27.0. The molecule has 3 rings (SSSR count). The number of fused-ring (bicyclic) bond motifs is 2. The average molecular weight is 264 g/mol. The highest BCUT2D eigenvalue weighted by Gasteiger charge is 2.31. The minimum atomic E-state index is -0.291. The van der Waals surface area contributed by atoms with Crippen molar-refractivity contribution in [2.24, 2.45) is 4.99 Å². The molecule has 2 atom stereocenters. The molecule has 1 heterocycles. The number of aryl methyl sites for hydroxylation is 2. The summed E-state index contributed by atoms with van der Waals surface area (Å²) < 4.78 is 0. The molecule has 4 N–H and O–H groups in total. The molecule has 0 radical (unpaired) electrons. The Morgan fingerprint density at radius 2 is 1.89 bits per heavy atom. The number of hydrogen-bond acceptors (Lipinski definition) is 4. The number of benzene rings is 1. The summed E-state index contributed by atoms with van der Waals surface area (Å²) in [5.74, 6) is 0.0319. The third-order valence-corrected chi connectivity index (χ3v) is 3.54. The molecule has 0 saturated heterocycles. The van der Waals surface area contributed by atoms with Crippen LogP contribution in [-0.4, -0.2) is 24.2 Å². The first-order valence-corrected chi connectivity index (χ1v) is 6.38. The second-order valence-electron chi connectivity index (χ2n) is 4.76. The van der Waals surface area contributed by atoms with E-state index in [1.807, 2.05) is 12.1 Å². The summed E-state index contributed by atoms with van der Waals surface area (Å²) in [7, 11) is 0. The van der Waals surface area contributed by atoms with Crippen LogP contribution in [-0.2, 0) is 12.8 Å². The molecule has 2 aliphatic rings. The Labute approximate surface area is 110 Å². The average Bonchev–Trinajstić information content (AvgIpc) is 2.87. The molecule has 1 aromatic rings. The van der Waals surface area contributed by atoms with Crippen molar-refractivity contribution in [3.05, 3.63) is 33.7 Å². The molecule has 0 aromatic heterocycles. The van der Waals surface area contributed by atoms with Crippen molar-refractivity contribution >= 4 is 17.3 Å². The van der Waals surface area contributed by atoms with E-state index in [1.54, 1.807) is 0 Å². The first kappa shape index (κ1) is 12.5. The minimum absolute atomic E-state index is 0.0319. The smallest absolute Gasteiger partial charge is 0.347 e. The van der Waals surface area contributed by atoms with E-state index < -0.39 is 0 Å². The quantitative estimate of drug-likeness (QED) is 0.467. The topological polar surface area (TPSA) is 99.6 Å². The van der Waals surface area contributed by atoms with Crippen LogP contribution in [0.4, 0.5) is 11.4 Å². The van der Waals surface area contributed by atoms with Gasteiger partial charge in [-0.15, -0.1) is 0 Å². The Balaban J connectivity index is 2.01. The number of guanidine groups is 1. The Morgan fingerprint density at radius 3 is 2.58 bits per heavy atom. The molecule has 0 fully saturated rings. The van der Waals surface area contributed by atoms with Crippen LogP contribution in [0.3, 0.4) is 0 Å². The maximum Gasteiger partial charge on any atom is 0.347 e. The number of rotatable bonds is 2. The van der Waals surface area contributed by atoms with Gasteiger partial charge in [0.2, 0.25) is 11.4 Å². The van der Waals surface area contributed by atoms with E-state index in [4.69, 9.17) is 5.11 Å².